The third kappa shape index (κ3) is 3.55. The van der Waals surface area contributed by atoms with Gasteiger partial charge in [0.2, 0.25) is 0 Å². The average molecular weight is 403 g/mol. The van der Waals surface area contributed by atoms with Crippen molar-refractivity contribution in [1.82, 2.24) is 10.2 Å². The number of carbonyl (C=O) groups is 1. The minimum Gasteiger partial charge on any atom is -0.333 e. The third-order valence-corrected chi connectivity index (χ3v) is 3.90. The summed E-state index contributed by atoms with van der Waals surface area (Å²) in [6, 6.07) is 2.08. The Bertz CT molecular complexity index is 487. The van der Waals surface area contributed by atoms with Crippen molar-refractivity contribution >= 4 is 40.9 Å². The molecule has 0 saturated carbocycles. The summed E-state index contributed by atoms with van der Waals surface area (Å²) in [6.07, 6.45) is 0. The van der Waals surface area contributed by atoms with Crippen molar-refractivity contribution in [3.05, 3.63) is 32.9 Å². The summed E-state index contributed by atoms with van der Waals surface area (Å²) in [5, 5.41) is 3.18. The second-order valence-electron chi connectivity index (χ2n) is 4.30. The fourth-order valence-corrected chi connectivity index (χ4v) is 2.64. The van der Waals surface area contributed by atoms with Gasteiger partial charge in [-0.2, -0.15) is 0 Å². The van der Waals surface area contributed by atoms with Gasteiger partial charge in [0.05, 0.1) is 5.56 Å². The Morgan fingerprint density at radius 3 is 2.68 bits per heavy atom. The van der Waals surface area contributed by atoms with Crippen molar-refractivity contribution in [3.63, 3.8) is 0 Å². The number of halogens is 4. The molecule has 7 heteroatoms. The molecular weight excluding hydrogens is 388 g/mol. The van der Waals surface area contributed by atoms with Gasteiger partial charge in [-0.3, -0.25) is 4.79 Å². The highest BCUT2D eigenvalue weighted by molar-refractivity contribution is 14.1. The maximum absolute atomic E-state index is 13.2. The van der Waals surface area contributed by atoms with E-state index in [9.17, 15) is 13.6 Å². The van der Waals surface area contributed by atoms with Crippen LogP contribution >= 0.6 is 35.0 Å². The lowest BCUT2D eigenvalue weighted by atomic mass is 10.1. The molecular formula is C12H14ClF2IN2O. The molecule has 1 aliphatic rings. The van der Waals surface area contributed by atoms with Gasteiger partial charge in [0, 0.05) is 29.2 Å². The van der Waals surface area contributed by atoms with Gasteiger partial charge >= 0.3 is 0 Å². The molecule has 1 saturated heterocycles. The van der Waals surface area contributed by atoms with Crippen LogP contribution in [0.15, 0.2) is 12.1 Å². The summed E-state index contributed by atoms with van der Waals surface area (Å²) in [5.41, 5.74) is 0.225. The van der Waals surface area contributed by atoms with E-state index in [1.165, 1.54) is 0 Å². The zero-order valence-electron chi connectivity index (χ0n) is 10.3. The number of rotatable bonds is 1. The predicted octanol–water partition coefficient (Wildman–Crippen LogP) is 2.43. The van der Waals surface area contributed by atoms with Crippen LogP contribution in [0.1, 0.15) is 17.3 Å². The van der Waals surface area contributed by atoms with Crippen LogP contribution in [-0.4, -0.2) is 36.5 Å². The maximum Gasteiger partial charge on any atom is 0.255 e. The minimum atomic E-state index is -0.985. The number of piperazine rings is 1. The van der Waals surface area contributed by atoms with Gasteiger partial charge in [0.25, 0.3) is 5.91 Å². The smallest absolute Gasteiger partial charge is 0.255 e. The fraction of sp³-hybridized carbons (Fsp3) is 0.417. The third-order valence-electron chi connectivity index (χ3n) is 3.00. The highest BCUT2D eigenvalue weighted by Crippen LogP contribution is 2.20. The quantitative estimate of drug-likeness (QED) is 0.578. The zero-order chi connectivity index (χ0) is 13.3. The lowest BCUT2D eigenvalue weighted by molar-refractivity contribution is 0.0654. The molecule has 0 radical (unpaired) electrons. The second kappa shape index (κ2) is 6.81. The summed E-state index contributed by atoms with van der Waals surface area (Å²) in [6.45, 7) is 3.94. The molecule has 1 N–H and O–H groups in total. The molecule has 0 bridgehead atoms. The van der Waals surface area contributed by atoms with Crippen molar-refractivity contribution in [2.24, 2.45) is 0 Å². The highest BCUT2D eigenvalue weighted by atomic mass is 127. The summed E-state index contributed by atoms with van der Waals surface area (Å²) in [5.74, 6) is -2.15. The Balaban J connectivity index is 0.00000180. The van der Waals surface area contributed by atoms with Crippen molar-refractivity contribution in [3.8, 4) is 0 Å². The molecule has 106 valence electrons. The Morgan fingerprint density at radius 1 is 1.42 bits per heavy atom. The maximum atomic E-state index is 13.2. The average Bonchev–Trinajstić information content (AvgIpc) is 2.33. The molecule has 1 atom stereocenters. The zero-order valence-corrected chi connectivity index (χ0v) is 13.2. The van der Waals surface area contributed by atoms with Gasteiger partial charge in [0.1, 0.15) is 0 Å². The van der Waals surface area contributed by atoms with E-state index in [2.05, 4.69) is 5.32 Å². The van der Waals surface area contributed by atoms with Crippen LogP contribution in [-0.2, 0) is 0 Å². The molecule has 1 aromatic carbocycles. The molecule has 0 aliphatic carbocycles. The Morgan fingerprint density at radius 2 is 2.05 bits per heavy atom. The standard InChI is InChI=1S/C12H13F2IN2O.ClH/c1-7-6-16-2-3-17(7)12(18)8-4-9(13)10(14)5-11(8)15;/h4-5,7,16H,2-3,6H2,1H3;1H. The van der Waals surface area contributed by atoms with Crippen LogP contribution in [0.2, 0.25) is 0 Å². The molecule has 2 rings (SSSR count). The number of hydrogen-bond donors (Lipinski definition) is 1. The van der Waals surface area contributed by atoms with E-state index in [-0.39, 0.29) is 29.9 Å². The monoisotopic (exact) mass is 402 g/mol. The first-order valence-electron chi connectivity index (χ1n) is 5.67. The van der Waals surface area contributed by atoms with Gasteiger partial charge in [-0.25, -0.2) is 8.78 Å². The van der Waals surface area contributed by atoms with E-state index >= 15 is 0 Å². The van der Waals surface area contributed by atoms with E-state index < -0.39 is 11.6 Å². The SMILES string of the molecule is CC1CNCCN1C(=O)c1cc(F)c(F)cc1I.Cl. The molecule has 1 unspecified atom stereocenters. The number of nitrogens with zero attached hydrogens (tertiary/aromatic N) is 1. The normalized spacial score (nSPS) is 18.9. The van der Waals surface area contributed by atoms with E-state index in [0.29, 0.717) is 16.7 Å². The van der Waals surface area contributed by atoms with Gasteiger partial charge in [-0.15, -0.1) is 12.4 Å². The highest BCUT2D eigenvalue weighted by Gasteiger charge is 2.26. The number of nitrogens with one attached hydrogen (secondary N) is 1. The summed E-state index contributed by atoms with van der Waals surface area (Å²) < 4.78 is 26.7. The number of benzene rings is 1. The van der Waals surface area contributed by atoms with Gasteiger partial charge in [0.15, 0.2) is 11.6 Å². The second-order valence-corrected chi connectivity index (χ2v) is 5.46. The molecule has 3 nitrogen and oxygen atoms in total. The van der Waals surface area contributed by atoms with Crippen LogP contribution in [0.4, 0.5) is 8.78 Å². The molecule has 0 spiro atoms. The lowest BCUT2D eigenvalue weighted by Gasteiger charge is -2.34. The van der Waals surface area contributed by atoms with E-state index in [1.807, 2.05) is 29.5 Å². The molecule has 1 aliphatic heterocycles. The molecule has 1 amide bonds. The van der Waals surface area contributed by atoms with Gasteiger partial charge < -0.3 is 10.2 Å². The predicted molar refractivity (Wildman–Crippen MR) is 79.7 cm³/mol. The Kier molecular flexibility index (Phi) is 5.94. The fourth-order valence-electron chi connectivity index (χ4n) is 1.98. The first-order chi connectivity index (χ1) is 8.50. The number of carbonyl (C=O) groups excluding carboxylic acids is 1. The van der Waals surface area contributed by atoms with Crippen LogP contribution in [0.3, 0.4) is 0 Å². The molecule has 1 heterocycles. The minimum absolute atomic E-state index is 0. The topological polar surface area (TPSA) is 32.3 Å². The summed E-state index contributed by atoms with van der Waals surface area (Å²) in [7, 11) is 0. The summed E-state index contributed by atoms with van der Waals surface area (Å²) >= 11 is 1.85. The van der Waals surface area contributed by atoms with Crippen LogP contribution in [0.25, 0.3) is 0 Å². The molecule has 0 aromatic heterocycles. The first kappa shape index (κ1) is 16.6. The van der Waals surface area contributed by atoms with Crippen LogP contribution < -0.4 is 5.32 Å². The van der Waals surface area contributed by atoms with Gasteiger partial charge in [-0.05, 0) is 41.6 Å². The van der Waals surface area contributed by atoms with Crippen LogP contribution in [0, 0.1) is 15.2 Å². The number of hydrogen-bond acceptors (Lipinski definition) is 2. The van der Waals surface area contributed by atoms with Crippen molar-refractivity contribution in [1.29, 1.82) is 0 Å². The van der Waals surface area contributed by atoms with Crippen molar-refractivity contribution in [2.75, 3.05) is 19.6 Å². The van der Waals surface area contributed by atoms with Crippen LogP contribution in [0.5, 0.6) is 0 Å². The molecule has 1 aromatic rings. The van der Waals surface area contributed by atoms with E-state index in [4.69, 9.17) is 0 Å². The summed E-state index contributed by atoms with van der Waals surface area (Å²) in [4.78, 5) is 14.0. The first-order valence-corrected chi connectivity index (χ1v) is 6.75. The largest absolute Gasteiger partial charge is 0.333 e. The lowest BCUT2D eigenvalue weighted by Crippen LogP contribution is -2.52. The van der Waals surface area contributed by atoms with E-state index in [1.54, 1.807) is 4.90 Å². The Labute approximate surface area is 130 Å². The van der Waals surface area contributed by atoms with Crippen molar-refractivity contribution in [2.45, 2.75) is 13.0 Å². The Hall–Kier alpha value is -0.470. The number of amides is 1. The molecule has 1 fully saturated rings. The van der Waals surface area contributed by atoms with Gasteiger partial charge in [-0.1, -0.05) is 0 Å². The molecule has 19 heavy (non-hydrogen) atoms. The van der Waals surface area contributed by atoms with E-state index in [0.717, 1.165) is 18.7 Å². The van der Waals surface area contributed by atoms with Crippen molar-refractivity contribution < 1.29 is 13.6 Å².